The summed E-state index contributed by atoms with van der Waals surface area (Å²) < 4.78 is 0. The predicted octanol–water partition coefficient (Wildman–Crippen LogP) is 3.14. The molecule has 0 unspecified atom stereocenters. The molecule has 1 aliphatic carbocycles. The fraction of sp³-hybridized carbons (Fsp3) is 0.467. The van der Waals surface area contributed by atoms with Gasteiger partial charge in [0.15, 0.2) is 5.01 Å². The molecule has 0 N–H and O–H groups in total. The van der Waals surface area contributed by atoms with E-state index in [0.29, 0.717) is 5.13 Å². The van der Waals surface area contributed by atoms with Gasteiger partial charge in [-0.25, -0.2) is 0 Å². The molecule has 0 radical (unpaired) electrons. The van der Waals surface area contributed by atoms with Gasteiger partial charge in [0.1, 0.15) is 0 Å². The third-order valence-corrected chi connectivity index (χ3v) is 4.94. The fourth-order valence-corrected chi connectivity index (χ4v) is 3.48. The number of carbonyl (C=O) groups is 1. The highest BCUT2D eigenvalue weighted by molar-refractivity contribution is 7.18. The summed E-state index contributed by atoms with van der Waals surface area (Å²) in [5.74, 6) is 0.318. The maximum atomic E-state index is 12.5. The van der Waals surface area contributed by atoms with Gasteiger partial charge in [-0.1, -0.05) is 30.6 Å². The molecular formula is C15H18N4OS. The predicted molar refractivity (Wildman–Crippen MR) is 83.1 cm³/mol. The number of rotatable bonds is 3. The number of anilines is 1. The van der Waals surface area contributed by atoms with Gasteiger partial charge in [0.05, 0.1) is 0 Å². The molecule has 2 aromatic heterocycles. The van der Waals surface area contributed by atoms with Gasteiger partial charge in [-0.05, 0) is 25.0 Å². The first-order valence-corrected chi connectivity index (χ1v) is 8.09. The van der Waals surface area contributed by atoms with Crippen molar-refractivity contribution in [2.24, 2.45) is 5.92 Å². The second-order valence-electron chi connectivity index (χ2n) is 5.36. The first-order chi connectivity index (χ1) is 10.3. The number of aromatic nitrogens is 3. The summed E-state index contributed by atoms with van der Waals surface area (Å²) >= 11 is 1.43. The number of pyridine rings is 1. The Morgan fingerprint density at radius 2 is 2.10 bits per heavy atom. The van der Waals surface area contributed by atoms with Crippen molar-refractivity contribution in [1.82, 2.24) is 15.2 Å². The van der Waals surface area contributed by atoms with E-state index in [1.54, 1.807) is 24.3 Å². The highest BCUT2D eigenvalue weighted by atomic mass is 32.1. The Balaban J connectivity index is 1.74. The van der Waals surface area contributed by atoms with Crippen LogP contribution >= 0.6 is 11.3 Å². The molecule has 0 aromatic carbocycles. The van der Waals surface area contributed by atoms with Crippen molar-refractivity contribution in [2.45, 2.75) is 32.1 Å². The van der Waals surface area contributed by atoms with Crippen LogP contribution in [0.25, 0.3) is 10.6 Å². The van der Waals surface area contributed by atoms with Gasteiger partial charge in [-0.2, -0.15) is 0 Å². The van der Waals surface area contributed by atoms with E-state index in [0.717, 1.165) is 36.3 Å². The smallest absolute Gasteiger partial charge is 0.231 e. The average molecular weight is 302 g/mol. The molecule has 0 atom stereocenters. The minimum Gasteiger partial charge on any atom is -0.290 e. The van der Waals surface area contributed by atoms with Crippen LogP contribution in [-0.2, 0) is 4.79 Å². The molecule has 1 aliphatic rings. The van der Waals surface area contributed by atoms with Crippen LogP contribution in [-0.4, -0.2) is 28.1 Å². The average Bonchev–Trinajstić information content (AvgIpc) is 3.05. The molecule has 0 bridgehead atoms. The second-order valence-corrected chi connectivity index (χ2v) is 6.32. The quantitative estimate of drug-likeness (QED) is 0.874. The van der Waals surface area contributed by atoms with E-state index in [9.17, 15) is 4.79 Å². The van der Waals surface area contributed by atoms with E-state index in [-0.39, 0.29) is 11.8 Å². The lowest BCUT2D eigenvalue weighted by Gasteiger charge is -2.24. The highest BCUT2D eigenvalue weighted by Gasteiger charge is 2.26. The third-order valence-electron chi connectivity index (χ3n) is 3.89. The van der Waals surface area contributed by atoms with Gasteiger partial charge >= 0.3 is 0 Å². The summed E-state index contributed by atoms with van der Waals surface area (Å²) in [5.41, 5.74) is 0.930. The second kappa shape index (κ2) is 6.30. The molecule has 21 heavy (non-hydrogen) atoms. The Kier molecular flexibility index (Phi) is 4.24. The summed E-state index contributed by atoms with van der Waals surface area (Å²) in [5, 5.41) is 9.77. The Labute approximate surface area is 128 Å². The third kappa shape index (κ3) is 3.10. The lowest BCUT2D eigenvalue weighted by atomic mass is 9.88. The number of nitrogens with zero attached hydrogens (tertiary/aromatic N) is 4. The molecule has 1 fully saturated rings. The number of hydrogen-bond donors (Lipinski definition) is 0. The van der Waals surface area contributed by atoms with E-state index in [1.807, 2.05) is 12.1 Å². The van der Waals surface area contributed by atoms with Crippen molar-refractivity contribution in [1.29, 1.82) is 0 Å². The van der Waals surface area contributed by atoms with Gasteiger partial charge in [0.2, 0.25) is 11.0 Å². The van der Waals surface area contributed by atoms with Crippen LogP contribution in [0, 0.1) is 5.92 Å². The number of hydrogen-bond acceptors (Lipinski definition) is 5. The zero-order chi connectivity index (χ0) is 14.7. The summed E-state index contributed by atoms with van der Waals surface area (Å²) in [4.78, 5) is 18.2. The Morgan fingerprint density at radius 3 is 2.81 bits per heavy atom. The van der Waals surface area contributed by atoms with Crippen LogP contribution in [0.4, 0.5) is 5.13 Å². The van der Waals surface area contributed by atoms with Crippen LogP contribution in [0.2, 0.25) is 0 Å². The van der Waals surface area contributed by atoms with Crippen molar-refractivity contribution in [2.75, 3.05) is 11.9 Å². The Morgan fingerprint density at radius 1 is 1.29 bits per heavy atom. The minimum absolute atomic E-state index is 0.148. The molecule has 2 aromatic rings. The van der Waals surface area contributed by atoms with Crippen molar-refractivity contribution in [3.63, 3.8) is 0 Å². The van der Waals surface area contributed by atoms with Gasteiger partial charge in [0, 0.05) is 30.9 Å². The fourth-order valence-electron chi connectivity index (χ4n) is 2.67. The maximum absolute atomic E-state index is 12.5. The van der Waals surface area contributed by atoms with Crippen LogP contribution in [0.15, 0.2) is 24.5 Å². The van der Waals surface area contributed by atoms with Crippen LogP contribution in [0.1, 0.15) is 32.1 Å². The summed E-state index contributed by atoms with van der Waals surface area (Å²) in [6.07, 6.45) is 9.03. The Hall–Kier alpha value is -1.82. The Bertz CT molecular complexity index is 607. The monoisotopic (exact) mass is 302 g/mol. The molecule has 3 rings (SSSR count). The molecule has 0 saturated heterocycles. The van der Waals surface area contributed by atoms with Gasteiger partial charge in [-0.3, -0.25) is 14.7 Å². The van der Waals surface area contributed by atoms with Gasteiger partial charge in [0.25, 0.3) is 0 Å². The molecule has 6 heteroatoms. The molecule has 5 nitrogen and oxygen atoms in total. The van der Waals surface area contributed by atoms with E-state index in [2.05, 4.69) is 15.2 Å². The minimum atomic E-state index is 0.148. The lowest BCUT2D eigenvalue weighted by molar-refractivity contribution is -0.123. The largest absolute Gasteiger partial charge is 0.290 e. The standard InChI is InChI=1S/C15H18N4OS/c1-19(14(20)11-6-3-2-4-7-11)15-18-17-13(21-15)12-8-5-9-16-10-12/h5,8-11H,2-4,6-7H2,1H3. The highest BCUT2D eigenvalue weighted by Crippen LogP contribution is 2.30. The topological polar surface area (TPSA) is 59.0 Å². The van der Waals surface area contributed by atoms with Crippen molar-refractivity contribution in [3.05, 3.63) is 24.5 Å². The van der Waals surface area contributed by atoms with E-state index in [1.165, 1.54) is 17.8 Å². The zero-order valence-electron chi connectivity index (χ0n) is 12.0. The van der Waals surface area contributed by atoms with Crippen LogP contribution in [0.5, 0.6) is 0 Å². The molecule has 1 saturated carbocycles. The maximum Gasteiger partial charge on any atom is 0.231 e. The van der Waals surface area contributed by atoms with Crippen molar-refractivity contribution >= 4 is 22.4 Å². The first kappa shape index (κ1) is 14.1. The molecule has 0 aliphatic heterocycles. The summed E-state index contributed by atoms with van der Waals surface area (Å²) in [7, 11) is 1.80. The van der Waals surface area contributed by atoms with Gasteiger partial charge in [-0.15, -0.1) is 10.2 Å². The summed E-state index contributed by atoms with van der Waals surface area (Å²) in [6.45, 7) is 0. The van der Waals surface area contributed by atoms with Gasteiger partial charge < -0.3 is 0 Å². The molecule has 110 valence electrons. The zero-order valence-corrected chi connectivity index (χ0v) is 12.8. The van der Waals surface area contributed by atoms with Crippen molar-refractivity contribution < 1.29 is 4.79 Å². The molecule has 2 heterocycles. The summed E-state index contributed by atoms with van der Waals surface area (Å²) in [6, 6.07) is 3.81. The normalized spacial score (nSPS) is 15.9. The number of carbonyl (C=O) groups excluding carboxylic acids is 1. The van der Waals surface area contributed by atoms with Crippen molar-refractivity contribution in [3.8, 4) is 10.6 Å². The lowest BCUT2D eigenvalue weighted by Crippen LogP contribution is -2.33. The van der Waals surface area contributed by atoms with E-state index < -0.39 is 0 Å². The first-order valence-electron chi connectivity index (χ1n) is 7.27. The number of amides is 1. The molecule has 1 amide bonds. The molecular weight excluding hydrogens is 284 g/mol. The van der Waals surface area contributed by atoms with E-state index in [4.69, 9.17) is 0 Å². The van der Waals surface area contributed by atoms with E-state index >= 15 is 0 Å². The van der Waals surface area contributed by atoms with Crippen LogP contribution < -0.4 is 4.90 Å². The van der Waals surface area contributed by atoms with Crippen LogP contribution in [0.3, 0.4) is 0 Å². The molecule has 0 spiro atoms. The SMILES string of the molecule is CN(C(=O)C1CCCCC1)c1nnc(-c2cccnc2)s1.